The number of carbonyl (C=O) groups is 3. The lowest BCUT2D eigenvalue weighted by Crippen LogP contribution is -2.57. The van der Waals surface area contributed by atoms with Crippen LogP contribution in [0.4, 0.5) is 10.5 Å². The molecule has 1 aromatic carbocycles. The lowest BCUT2D eigenvalue weighted by molar-refractivity contribution is -0.145. The standard InChI is InChI=1S/C18H18BrN3O5S/c1-17(2)8-26-16(25)22(17)13(23)12-18(27-15(20-12)28-4)10-7-9(19)5-6-11(10)21(3)14(18)24/h5-7,12H,8H2,1-4H3/t12-,18-/m0/s1. The van der Waals surface area contributed by atoms with Crippen LogP contribution in [0.15, 0.2) is 27.7 Å². The molecule has 8 nitrogen and oxygen atoms in total. The average molecular weight is 468 g/mol. The summed E-state index contributed by atoms with van der Waals surface area (Å²) in [6.45, 7) is 3.53. The topological polar surface area (TPSA) is 88.5 Å². The number of halogens is 1. The zero-order valence-electron chi connectivity index (χ0n) is 15.7. The van der Waals surface area contributed by atoms with E-state index in [0.717, 1.165) is 9.37 Å². The lowest BCUT2D eigenvalue weighted by Gasteiger charge is -2.32. The Labute approximate surface area is 174 Å². The van der Waals surface area contributed by atoms with E-state index in [1.807, 2.05) is 6.07 Å². The van der Waals surface area contributed by atoms with Gasteiger partial charge in [0.25, 0.3) is 11.8 Å². The van der Waals surface area contributed by atoms with Gasteiger partial charge in [-0.1, -0.05) is 27.7 Å². The van der Waals surface area contributed by atoms with Crippen LogP contribution in [0.5, 0.6) is 0 Å². The molecule has 148 valence electrons. The van der Waals surface area contributed by atoms with Gasteiger partial charge in [0.1, 0.15) is 6.61 Å². The number of likely N-dealkylation sites (N-methyl/N-ethyl adjacent to an activating group) is 1. The number of thioether (sulfide) groups is 1. The molecule has 2 atom stereocenters. The minimum Gasteiger partial charge on any atom is -0.448 e. The van der Waals surface area contributed by atoms with Crippen LogP contribution in [0.1, 0.15) is 19.4 Å². The third-order valence-corrected chi connectivity index (χ3v) is 6.21. The minimum absolute atomic E-state index is 0.0766. The molecule has 0 saturated carbocycles. The average Bonchev–Trinajstić information content (AvgIpc) is 3.23. The second-order valence-electron chi connectivity index (χ2n) is 7.41. The summed E-state index contributed by atoms with van der Waals surface area (Å²) in [6.07, 6.45) is 1.00. The van der Waals surface area contributed by atoms with Crippen molar-refractivity contribution < 1.29 is 23.9 Å². The van der Waals surface area contributed by atoms with Crippen molar-refractivity contribution in [1.82, 2.24) is 4.90 Å². The van der Waals surface area contributed by atoms with E-state index in [4.69, 9.17) is 9.47 Å². The van der Waals surface area contributed by atoms with Crippen LogP contribution in [-0.2, 0) is 24.7 Å². The van der Waals surface area contributed by atoms with E-state index in [2.05, 4.69) is 20.9 Å². The zero-order chi connectivity index (χ0) is 20.4. The summed E-state index contributed by atoms with van der Waals surface area (Å²) >= 11 is 4.62. The number of nitrogens with zero attached hydrogens (tertiary/aromatic N) is 3. The molecule has 0 aliphatic carbocycles. The Kier molecular flexibility index (Phi) is 4.27. The van der Waals surface area contributed by atoms with Crippen LogP contribution in [0.2, 0.25) is 0 Å². The van der Waals surface area contributed by atoms with Gasteiger partial charge >= 0.3 is 6.09 Å². The van der Waals surface area contributed by atoms with Crippen molar-refractivity contribution in [3.63, 3.8) is 0 Å². The van der Waals surface area contributed by atoms with Gasteiger partial charge in [-0.3, -0.25) is 9.59 Å². The van der Waals surface area contributed by atoms with Crippen molar-refractivity contribution in [3.05, 3.63) is 28.2 Å². The van der Waals surface area contributed by atoms with Crippen LogP contribution in [-0.4, -0.2) is 59.5 Å². The maximum Gasteiger partial charge on any atom is 0.417 e. The molecule has 0 bridgehead atoms. The zero-order valence-corrected chi connectivity index (χ0v) is 18.1. The van der Waals surface area contributed by atoms with Crippen LogP contribution < -0.4 is 4.90 Å². The number of hydrogen-bond donors (Lipinski definition) is 0. The van der Waals surface area contributed by atoms with E-state index >= 15 is 0 Å². The summed E-state index contributed by atoms with van der Waals surface area (Å²) in [7, 11) is 1.62. The van der Waals surface area contributed by atoms with Crippen LogP contribution in [0.25, 0.3) is 0 Å². The summed E-state index contributed by atoms with van der Waals surface area (Å²) in [5.41, 5.74) is -1.33. The Bertz CT molecular complexity index is 949. The molecular weight excluding hydrogens is 450 g/mol. The summed E-state index contributed by atoms with van der Waals surface area (Å²) in [5.74, 6) is -1.02. The molecule has 1 aromatic rings. The number of fused-ring (bicyclic) bond motifs is 2. The quantitative estimate of drug-likeness (QED) is 0.630. The summed E-state index contributed by atoms with van der Waals surface area (Å²) in [4.78, 5) is 46.0. The number of anilines is 1. The first kappa shape index (κ1) is 19.3. The van der Waals surface area contributed by atoms with E-state index in [1.165, 1.54) is 16.7 Å². The maximum absolute atomic E-state index is 13.5. The Morgan fingerprint density at radius 1 is 1.36 bits per heavy atom. The number of carbonyl (C=O) groups excluding carboxylic acids is 3. The van der Waals surface area contributed by atoms with Crippen LogP contribution in [0.3, 0.4) is 0 Å². The molecule has 3 aliphatic heterocycles. The third-order valence-electron chi connectivity index (χ3n) is 5.18. The first-order valence-corrected chi connectivity index (χ1v) is 10.5. The molecule has 1 fully saturated rings. The number of rotatable bonds is 1. The van der Waals surface area contributed by atoms with E-state index in [0.29, 0.717) is 11.3 Å². The van der Waals surface area contributed by atoms with E-state index in [-0.39, 0.29) is 11.8 Å². The van der Waals surface area contributed by atoms with Gasteiger partial charge in [-0.25, -0.2) is 14.7 Å². The fraction of sp³-hybridized carbons (Fsp3) is 0.444. The van der Waals surface area contributed by atoms with E-state index in [9.17, 15) is 14.4 Å². The third kappa shape index (κ3) is 2.43. The molecule has 0 N–H and O–H groups in total. The lowest BCUT2D eigenvalue weighted by atomic mass is 9.86. The number of aliphatic imine (C=N–C) groups is 1. The van der Waals surface area contributed by atoms with Gasteiger partial charge < -0.3 is 14.4 Å². The van der Waals surface area contributed by atoms with Gasteiger partial charge in [-0.05, 0) is 38.3 Å². The molecule has 0 unspecified atom stereocenters. The van der Waals surface area contributed by atoms with Crippen molar-refractivity contribution in [2.45, 2.75) is 31.0 Å². The second-order valence-corrected chi connectivity index (χ2v) is 9.08. The minimum atomic E-state index is -1.65. The fourth-order valence-electron chi connectivity index (χ4n) is 3.80. The van der Waals surface area contributed by atoms with Crippen molar-refractivity contribution in [1.29, 1.82) is 0 Å². The Hall–Kier alpha value is -2.07. The highest BCUT2D eigenvalue weighted by atomic mass is 79.9. The van der Waals surface area contributed by atoms with Crippen LogP contribution in [0, 0.1) is 0 Å². The van der Waals surface area contributed by atoms with Crippen LogP contribution >= 0.6 is 27.7 Å². The predicted octanol–water partition coefficient (Wildman–Crippen LogP) is 2.50. The van der Waals surface area contributed by atoms with Gasteiger partial charge in [0.15, 0.2) is 6.04 Å². The van der Waals surface area contributed by atoms with Gasteiger partial charge in [0.05, 0.1) is 11.2 Å². The van der Waals surface area contributed by atoms with Crippen molar-refractivity contribution in [2.24, 2.45) is 4.99 Å². The van der Waals surface area contributed by atoms with Crippen molar-refractivity contribution in [3.8, 4) is 0 Å². The molecule has 3 aliphatic rings. The molecular formula is C18H18BrN3O5S. The number of imide groups is 1. The summed E-state index contributed by atoms with van der Waals surface area (Å²) in [6, 6.07) is 4.11. The Balaban J connectivity index is 1.88. The van der Waals surface area contributed by atoms with Gasteiger partial charge in [-0.15, -0.1) is 0 Å². The molecule has 28 heavy (non-hydrogen) atoms. The summed E-state index contributed by atoms with van der Waals surface area (Å²) in [5, 5.41) is 0.221. The van der Waals surface area contributed by atoms with E-state index in [1.54, 1.807) is 39.3 Å². The SMILES string of the molecule is CSC1=N[C@@H](C(=O)N2C(=O)OCC2(C)C)[C@]2(O1)C(=O)N(C)c1ccc(Br)cc12. The highest BCUT2D eigenvalue weighted by Gasteiger charge is 2.65. The Morgan fingerprint density at radius 2 is 2.07 bits per heavy atom. The maximum atomic E-state index is 13.5. The second kappa shape index (κ2) is 6.21. The van der Waals surface area contributed by atoms with Gasteiger partial charge in [0, 0.05) is 17.1 Å². The number of benzene rings is 1. The first-order valence-electron chi connectivity index (χ1n) is 8.53. The number of amides is 3. The fourth-order valence-corrected chi connectivity index (χ4v) is 4.59. The number of cyclic esters (lactones) is 1. The molecule has 0 radical (unpaired) electrons. The molecule has 1 spiro atoms. The molecule has 4 rings (SSSR count). The monoisotopic (exact) mass is 467 g/mol. The highest BCUT2D eigenvalue weighted by Crippen LogP contribution is 2.50. The Morgan fingerprint density at radius 3 is 2.68 bits per heavy atom. The van der Waals surface area contributed by atoms with E-state index < -0.39 is 35.1 Å². The number of ether oxygens (including phenoxy) is 2. The smallest absolute Gasteiger partial charge is 0.417 e. The molecule has 1 saturated heterocycles. The molecule has 0 aromatic heterocycles. The summed E-state index contributed by atoms with van der Waals surface area (Å²) < 4.78 is 11.8. The predicted molar refractivity (Wildman–Crippen MR) is 107 cm³/mol. The van der Waals surface area contributed by atoms with Gasteiger partial charge in [0.2, 0.25) is 10.8 Å². The van der Waals surface area contributed by atoms with Crippen molar-refractivity contribution in [2.75, 3.05) is 24.8 Å². The molecule has 3 amide bonds. The van der Waals surface area contributed by atoms with Gasteiger partial charge in [-0.2, -0.15) is 0 Å². The largest absolute Gasteiger partial charge is 0.448 e. The highest BCUT2D eigenvalue weighted by molar-refractivity contribution is 9.10. The molecule has 3 heterocycles. The number of hydrogen-bond acceptors (Lipinski definition) is 7. The normalized spacial score (nSPS) is 27.8. The first-order chi connectivity index (χ1) is 13.1. The molecule has 10 heteroatoms. The van der Waals surface area contributed by atoms with Crippen molar-refractivity contribution >= 4 is 56.5 Å².